The largest absolute Gasteiger partial charge is 0.344 e. The highest BCUT2D eigenvalue weighted by molar-refractivity contribution is 5.65. The number of nitrogens with two attached hydrogens (primary N) is 1. The van der Waals surface area contributed by atoms with Crippen LogP contribution in [0.2, 0.25) is 0 Å². The van der Waals surface area contributed by atoms with Gasteiger partial charge in [-0.25, -0.2) is 0 Å². The van der Waals surface area contributed by atoms with Gasteiger partial charge in [0.2, 0.25) is 0 Å². The predicted molar refractivity (Wildman–Crippen MR) is 78.2 cm³/mol. The highest BCUT2D eigenvalue weighted by Gasteiger charge is 2.07. The van der Waals surface area contributed by atoms with Gasteiger partial charge in [-0.3, -0.25) is 0 Å². The van der Waals surface area contributed by atoms with E-state index in [2.05, 4.69) is 67.4 Å². The quantitative estimate of drug-likeness (QED) is 0.886. The van der Waals surface area contributed by atoms with Gasteiger partial charge in [-0.05, 0) is 35.7 Å². The zero-order valence-corrected chi connectivity index (χ0v) is 11.1. The molecule has 0 aromatic heterocycles. The fourth-order valence-corrected chi connectivity index (χ4v) is 2.13. The second-order valence-electron chi connectivity index (χ2n) is 4.41. The zero-order valence-electron chi connectivity index (χ0n) is 11.1. The number of benzene rings is 2. The third-order valence-corrected chi connectivity index (χ3v) is 3.29. The maximum atomic E-state index is 5.62. The van der Waals surface area contributed by atoms with Gasteiger partial charge in [-0.2, -0.15) is 0 Å². The van der Waals surface area contributed by atoms with Crippen LogP contribution >= 0.6 is 0 Å². The number of aryl methyl sites for hydroxylation is 1. The molecule has 0 fully saturated rings. The second kappa shape index (κ2) is 5.69. The molecule has 0 saturated heterocycles. The van der Waals surface area contributed by atoms with E-state index in [4.69, 9.17) is 5.73 Å². The van der Waals surface area contributed by atoms with Gasteiger partial charge < -0.3 is 10.6 Å². The van der Waals surface area contributed by atoms with Crippen molar-refractivity contribution in [2.24, 2.45) is 5.73 Å². The number of hydrogen-bond acceptors (Lipinski definition) is 2. The summed E-state index contributed by atoms with van der Waals surface area (Å²) in [4.78, 5) is 2.22. The van der Waals surface area contributed by atoms with Crippen molar-refractivity contribution in [3.63, 3.8) is 0 Å². The Kier molecular flexibility index (Phi) is 4.00. The summed E-state index contributed by atoms with van der Waals surface area (Å²) in [6.07, 6.45) is 1.04. The summed E-state index contributed by atoms with van der Waals surface area (Å²) in [5.41, 5.74) is 10.6. The lowest BCUT2D eigenvalue weighted by atomic mass is 10.1. The Balaban J connectivity index is 2.31. The molecular formula is C16H20N2. The molecule has 0 radical (unpaired) electrons. The van der Waals surface area contributed by atoms with E-state index in [0.29, 0.717) is 6.54 Å². The van der Waals surface area contributed by atoms with E-state index < -0.39 is 0 Å². The zero-order chi connectivity index (χ0) is 13.0. The lowest BCUT2D eigenvalue weighted by molar-refractivity contribution is 1.06. The number of anilines is 2. The number of rotatable bonds is 4. The number of nitrogens with zero attached hydrogens (tertiary/aromatic N) is 1. The molecule has 0 spiro atoms. The van der Waals surface area contributed by atoms with Crippen molar-refractivity contribution in [1.82, 2.24) is 0 Å². The molecule has 94 valence electrons. The summed E-state index contributed by atoms with van der Waals surface area (Å²) in [7, 11) is 2.10. The average Bonchev–Trinajstić information content (AvgIpc) is 2.46. The van der Waals surface area contributed by atoms with E-state index in [9.17, 15) is 0 Å². The molecule has 0 aliphatic heterocycles. The van der Waals surface area contributed by atoms with E-state index >= 15 is 0 Å². The molecule has 2 heteroatoms. The number of hydrogen-bond donors (Lipinski definition) is 1. The van der Waals surface area contributed by atoms with Gasteiger partial charge in [-0.1, -0.05) is 37.3 Å². The van der Waals surface area contributed by atoms with Crippen molar-refractivity contribution in [3.8, 4) is 0 Å². The van der Waals surface area contributed by atoms with Crippen LogP contribution in [0.25, 0.3) is 0 Å². The van der Waals surface area contributed by atoms with E-state index in [1.165, 1.54) is 16.9 Å². The van der Waals surface area contributed by atoms with Crippen LogP contribution in [0.3, 0.4) is 0 Å². The molecule has 18 heavy (non-hydrogen) atoms. The summed E-state index contributed by atoms with van der Waals surface area (Å²) in [5, 5.41) is 0. The smallest absolute Gasteiger partial charge is 0.0440 e. The highest BCUT2D eigenvalue weighted by Crippen LogP contribution is 2.27. The molecule has 2 aromatic carbocycles. The minimum Gasteiger partial charge on any atom is -0.344 e. The molecule has 0 bridgehead atoms. The van der Waals surface area contributed by atoms with Crippen LogP contribution in [-0.2, 0) is 13.0 Å². The van der Waals surface area contributed by atoms with Crippen LogP contribution in [0, 0.1) is 0 Å². The Hall–Kier alpha value is -1.80. The normalized spacial score (nSPS) is 10.4. The molecule has 2 rings (SSSR count). The Morgan fingerprint density at radius 2 is 1.67 bits per heavy atom. The SMILES string of the molecule is CCc1ccccc1N(C)c1ccc(CN)cc1. The fourth-order valence-electron chi connectivity index (χ4n) is 2.13. The second-order valence-corrected chi connectivity index (χ2v) is 4.41. The molecule has 0 unspecified atom stereocenters. The average molecular weight is 240 g/mol. The minimum atomic E-state index is 0.593. The molecule has 0 aliphatic rings. The van der Waals surface area contributed by atoms with Crippen LogP contribution in [-0.4, -0.2) is 7.05 Å². The molecule has 2 nitrogen and oxygen atoms in total. The molecular weight excluding hydrogens is 220 g/mol. The standard InChI is InChI=1S/C16H20N2/c1-3-14-6-4-5-7-16(14)18(2)15-10-8-13(12-17)9-11-15/h4-11H,3,12,17H2,1-2H3. The Morgan fingerprint density at radius 1 is 1.00 bits per heavy atom. The van der Waals surface area contributed by atoms with Crippen molar-refractivity contribution in [2.45, 2.75) is 19.9 Å². The molecule has 0 aliphatic carbocycles. The van der Waals surface area contributed by atoms with E-state index in [0.717, 1.165) is 12.0 Å². The van der Waals surface area contributed by atoms with E-state index in [1.54, 1.807) is 0 Å². The van der Waals surface area contributed by atoms with Gasteiger partial charge in [0, 0.05) is 25.0 Å². The first kappa shape index (κ1) is 12.7. The maximum Gasteiger partial charge on any atom is 0.0440 e. The van der Waals surface area contributed by atoms with Gasteiger partial charge in [0.25, 0.3) is 0 Å². The van der Waals surface area contributed by atoms with Crippen LogP contribution in [0.1, 0.15) is 18.1 Å². The van der Waals surface area contributed by atoms with Gasteiger partial charge in [0.15, 0.2) is 0 Å². The van der Waals surface area contributed by atoms with Crippen molar-refractivity contribution < 1.29 is 0 Å². The lowest BCUT2D eigenvalue weighted by Crippen LogP contribution is -2.11. The van der Waals surface area contributed by atoms with Gasteiger partial charge >= 0.3 is 0 Å². The lowest BCUT2D eigenvalue weighted by Gasteiger charge is -2.22. The summed E-state index contributed by atoms with van der Waals surface area (Å²) >= 11 is 0. The van der Waals surface area contributed by atoms with Crippen molar-refractivity contribution >= 4 is 11.4 Å². The molecule has 2 aromatic rings. The first-order valence-electron chi connectivity index (χ1n) is 6.37. The first-order valence-corrected chi connectivity index (χ1v) is 6.37. The van der Waals surface area contributed by atoms with E-state index in [-0.39, 0.29) is 0 Å². The van der Waals surface area contributed by atoms with Gasteiger partial charge in [-0.15, -0.1) is 0 Å². The highest BCUT2D eigenvalue weighted by atomic mass is 15.1. The third-order valence-electron chi connectivity index (χ3n) is 3.29. The molecule has 0 amide bonds. The van der Waals surface area contributed by atoms with E-state index in [1.807, 2.05) is 0 Å². The molecule has 2 N–H and O–H groups in total. The summed E-state index contributed by atoms with van der Waals surface area (Å²) in [6, 6.07) is 16.9. The fraction of sp³-hybridized carbons (Fsp3) is 0.250. The number of para-hydroxylation sites is 1. The molecule has 0 heterocycles. The summed E-state index contributed by atoms with van der Waals surface area (Å²) < 4.78 is 0. The Morgan fingerprint density at radius 3 is 2.28 bits per heavy atom. The topological polar surface area (TPSA) is 29.3 Å². The van der Waals surface area contributed by atoms with Crippen LogP contribution in [0.5, 0.6) is 0 Å². The van der Waals surface area contributed by atoms with Crippen LogP contribution in [0.4, 0.5) is 11.4 Å². The Labute approximate surface area is 109 Å². The van der Waals surface area contributed by atoms with Crippen LogP contribution in [0.15, 0.2) is 48.5 Å². The van der Waals surface area contributed by atoms with Crippen molar-refractivity contribution in [2.75, 3.05) is 11.9 Å². The third kappa shape index (κ3) is 2.54. The van der Waals surface area contributed by atoms with Gasteiger partial charge in [0.1, 0.15) is 0 Å². The minimum absolute atomic E-state index is 0.593. The molecule has 0 saturated carbocycles. The van der Waals surface area contributed by atoms with Crippen LogP contribution < -0.4 is 10.6 Å². The monoisotopic (exact) mass is 240 g/mol. The van der Waals surface area contributed by atoms with Crippen molar-refractivity contribution in [1.29, 1.82) is 0 Å². The van der Waals surface area contributed by atoms with Gasteiger partial charge in [0.05, 0.1) is 0 Å². The Bertz CT molecular complexity index is 503. The molecule has 0 atom stereocenters. The predicted octanol–water partition coefficient (Wildman–Crippen LogP) is 3.48. The maximum absolute atomic E-state index is 5.62. The summed E-state index contributed by atoms with van der Waals surface area (Å²) in [6.45, 7) is 2.78. The van der Waals surface area contributed by atoms with Crippen molar-refractivity contribution in [3.05, 3.63) is 59.7 Å². The first-order chi connectivity index (χ1) is 8.76. The summed E-state index contributed by atoms with van der Waals surface area (Å²) in [5.74, 6) is 0.